The molecule has 2 aromatic carbocycles. The van der Waals surface area contributed by atoms with Crippen molar-refractivity contribution in [1.29, 1.82) is 0 Å². The molecule has 7 heteroatoms. The lowest BCUT2D eigenvalue weighted by Gasteiger charge is -2.19. The van der Waals surface area contributed by atoms with E-state index in [0.29, 0.717) is 5.69 Å². The standard InChI is InChI=1S/C19H18F2N2O3/c20-15-6-5-11(7-16(15)21)22-9-12(25)8-17-13-3-1-2-4-14(13)19(23-17)18(26)10-24/h1-7,10,12,17,19,22-23,25H,8-9H2. The van der Waals surface area contributed by atoms with Crippen LogP contribution in [0.1, 0.15) is 29.6 Å². The lowest BCUT2D eigenvalue weighted by Crippen LogP contribution is -2.29. The number of rotatable bonds is 7. The highest BCUT2D eigenvalue weighted by Gasteiger charge is 2.34. The van der Waals surface area contributed by atoms with E-state index >= 15 is 0 Å². The summed E-state index contributed by atoms with van der Waals surface area (Å²) in [7, 11) is 0. The van der Waals surface area contributed by atoms with Gasteiger partial charge >= 0.3 is 0 Å². The Morgan fingerprint density at radius 2 is 1.92 bits per heavy atom. The number of halogens is 2. The molecule has 1 aliphatic heterocycles. The van der Waals surface area contributed by atoms with Gasteiger partial charge in [0.1, 0.15) is 6.04 Å². The Morgan fingerprint density at radius 1 is 1.19 bits per heavy atom. The molecular formula is C19H18F2N2O3. The molecule has 0 aliphatic carbocycles. The maximum absolute atomic E-state index is 13.2. The number of ketones is 1. The molecule has 0 amide bonds. The molecule has 0 radical (unpaired) electrons. The number of fused-ring (bicyclic) bond motifs is 1. The zero-order chi connectivity index (χ0) is 18.7. The van der Waals surface area contributed by atoms with Gasteiger partial charge in [0.15, 0.2) is 17.9 Å². The summed E-state index contributed by atoms with van der Waals surface area (Å²) in [6, 6.07) is 9.65. The van der Waals surface area contributed by atoms with Gasteiger partial charge in [-0.15, -0.1) is 0 Å². The normalized spacial score (nSPS) is 19.7. The van der Waals surface area contributed by atoms with Gasteiger partial charge < -0.3 is 10.4 Å². The Hall–Kier alpha value is -2.64. The average molecular weight is 360 g/mol. The van der Waals surface area contributed by atoms with E-state index < -0.39 is 29.6 Å². The number of carbonyl (C=O) groups is 2. The van der Waals surface area contributed by atoms with Gasteiger partial charge in [0.25, 0.3) is 0 Å². The first kappa shape index (κ1) is 18.2. The van der Waals surface area contributed by atoms with Crippen molar-refractivity contribution in [3.8, 4) is 0 Å². The van der Waals surface area contributed by atoms with Gasteiger partial charge in [-0.25, -0.2) is 8.78 Å². The predicted molar refractivity (Wildman–Crippen MR) is 91.6 cm³/mol. The summed E-state index contributed by atoms with van der Waals surface area (Å²) >= 11 is 0. The Kier molecular flexibility index (Phi) is 5.39. The third-order valence-electron chi connectivity index (χ3n) is 4.42. The minimum atomic E-state index is -0.967. The van der Waals surface area contributed by atoms with E-state index in [-0.39, 0.29) is 25.3 Å². The molecule has 3 N–H and O–H groups in total. The summed E-state index contributed by atoms with van der Waals surface area (Å²) in [4.78, 5) is 22.6. The minimum absolute atomic E-state index is 0.123. The zero-order valence-corrected chi connectivity index (χ0v) is 13.8. The molecule has 26 heavy (non-hydrogen) atoms. The highest BCUT2D eigenvalue weighted by molar-refractivity contribution is 6.27. The van der Waals surface area contributed by atoms with Crippen LogP contribution >= 0.6 is 0 Å². The maximum atomic E-state index is 13.2. The van der Waals surface area contributed by atoms with Crippen LogP contribution in [0.15, 0.2) is 42.5 Å². The molecule has 0 spiro atoms. The number of hydrogen-bond acceptors (Lipinski definition) is 5. The zero-order valence-electron chi connectivity index (χ0n) is 13.8. The van der Waals surface area contributed by atoms with Crippen LogP contribution in [0.25, 0.3) is 0 Å². The second kappa shape index (κ2) is 7.72. The SMILES string of the molecule is O=CC(=O)C1NC(CC(O)CNc2ccc(F)c(F)c2)c2ccccc21. The van der Waals surface area contributed by atoms with Crippen molar-refractivity contribution in [1.82, 2.24) is 5.32 Å². The highest BCUT2D eigenvalue weighted by Crippen LogP contribution is 2.35. The summed E-state index contributed by atoms with van der Waals surface area (Å²) < 4.78 is 26.1. The maximum Gasteiger partial charge on any atom is 0.216 e. The molecule has 3 unspecified atom stereocenters. The Morgan fingerprint density at radius 3 is 2.62 bits per heavy atom. The monoisotopic (exact) mass is 360 g/mol. The topological polar surface area (TPSA) is 78.4 Å². The molecule has 0 bridgehead atoms. The van der Waals surface area contributed by atoms with E-state index in [1.165, 1.54) is 6.07 Å². The molecule has 0 fully saturated rings. The number of Topliss-reactive ketones (excluding diaryl/α,β-unsaturated/α-hetero) is 1. The van der Waals surface area contributed by atoms with Crippen LogP contribution in [0, 0.1) is 11.6 Å². The Bertz CT molecular complexity index is 828. The first-order valence-electron chi connectivity index (χ1n) is 8.20. The molecule has 3 rings (SSSR count). The van der Waals surface area contributed by atoms with Gasteiger partial charge in [-0.3, -0.25) is 14.9 Å². The lowest BCUT2D eigenvalue weighted by molar-refractivity contribution is -0.131. The van der Waals surface area contributed by atoms with Crippen molar-refractivity contribution in [2.24, 2.45) is 0 Å². The minimum Gasteiger partial charge on any atom is -0.391 e. The predicted octanol–water partition coefficient (Wildman–Crippen LogP) is 2.28. The molecule has 0 saturated carbocycles. The van der Waals surface area contributed by atoms with Crippen LogP contribution in [0.5, 0.6) is 0 Å². The largest absolute Gasteiger partial charge is 0.391 e. The van der Waals surface area contributed by atoms with Gasteiger partial charge in [-0.2, -0.15) is 0 Å². The molecule has 1 heterocycles. The quantitative estimate of drug-likeness (QED) is 0.522. The number of aliphatic hydroxyl groups is 1. The van der Waals surface area contributed by atoms with Crippen LogP contribution in [0.4, 0.5) is 14.5 Å². The van der Waals surface area contributed by atoms with Crippen LogP contribution in [0.3, 0.4) is 0 Å². The Balaban J connectivity index is 1.64. The van der Waals surface area contributed by atoms with E-state index in [1.807, 2.05) is 12.1 Å². The fourth-order valence-corrected chi connectivity index (χ4v) is 3.17. The fraction of sp³-hybridized carbons (Fsp3) is 0.263. The van der Waals surface area contributed by atoms with E-state index in [4.69, 9.17) is 0 Å². The summed E-state index contributed by atoms with van der Waals surface area (Å²) in [6.45, 7) is 0.123. The van der Waals surface area contributed by atoms with Crippen LogP contribution in [-0.2, 0) is 9.59 Å². The average Bonchev–Trinajstić information content (AvgIpc) is 3.01. The molecule has 136 valence electrons. The summed E-state index contributed by atoms with van der Waals surface area (Å²) in [5.41, 5.74) is 1.95. The smallest absolute Gasteiger partial charge is 0.216 e. The number of benzene rings is 2. The molecule has 2 aromatic rings. The number of aldehydes is 1. The molecule has 5 nitrogen and oxygen atoms in total. The molecular weight excluding hydrogens is 342 g/mol. The van der Waals surface area contributed by atoms with Crippen molar-refractivity contribution in [3.63, 3.8) is 0 Å². The van der Waals surface area contributed by atoms with Crippen molar-refractivity contribution < 1.29 is 23.5 Å². The third-order valence-corrected chi connectivity index (χ3v) is 4.42. The van der Waals surface area contributed by atoms with Crippen molar-refractivity contribution in [3.05, 3.63) is 65.2 Å². The van der Waals surface area contributed by atoms with E-state index in [0.717, 1.165) is 23.3 Å². The second-order valence-electron chi connectivity index (χ2n) is 6.20. The number of carbonyl (C=O) groups excluding carboxylic acids is 2. The number of hydrogen-bond donors (Lipinski definition) is 3. The van der Waals surface area contributed by atoms with Crippen molar-refractivity contribution >= 4 is 17.8 Å². The number of nitrogens with one attached hydrogen (secondary N) is 2. The van der Waals surface area contributed by atoms with E-state index in [9.17, 15) is 23.5 Å². The lowest BCUT2D eigenvalue weighted by atomic mass is 9.97. The Labute approximate surface area is 149 Å². The van der Waals surface area contributed by atoms with Crippen molar-refractivity contribution in [2.75, 3.05) is 11.9 Å². The summed E-state index contributed by atoms with van der Waals surface area (Å²) in [6.07, 6.45) is -0.229. The van der Waals surface area contributed by atoms with Crippen LogP contribution < -0.4 is 10.6 Å². The fourth-order valence-electron chi connectivity index (χ4n) is 3.17. The van der Waals surface area contributed by atoms with Gasteiger partial charge in [0.05, 0.1) is 6.10 Å². The first-order valence-corrected chi connectivity index (χ1v) is 8.20. The molecule has 1 aliphatic rings. The van der Waals surface area contributed by atoms with Crippen LogP contribution in [-0.4, -0.2) is 29.8 Å². The van der Waals surface area contributed by atoms with E-state index in [2.05, 4.69) is 10.6 Å². The molecule has 3 atom stereocenters. The van der Waals surface area contributed by atoms with Crippen LogP contribution in [0.2, 0.25) is 0 Å². The van der Waals surface area contributed by atoms with Gasteiger partial charge in [0, 0.05) is 24.3 Å². The van der Waals surface area contributed by atoms with E-state index in [1.54, 1.807) is 12.1 Å². The van der Waals surface area contributed by atoms with Crippen molar-refractivity contribution in [2.45, 2.75) is 24.6 Å². The number of aliphatic hydroxyl groups excluding tert-OH is 1. The highest BCUT2D eigenvalue weighted by atomic mass is 19.2. The molecule has 0 aromatic heterocycles. The first-order chi connectivity index (χ1) is 12.5. The number of anilines is 1. The van der Waals surface area contributed by atoms with Gasteiger partial charge in [-0.05, 0) is 29.7 Å². The second-order valence-corrected chi connectivity index (χ2v) is 6.20. The molecule has 0 saturated heterocycles. The van der Waals surface area contributed by atoms with Gasteiger partial charge in [0.2, 0.25) is 5.78 Å². The van der Waals surface area contributed by atoms with Gasteiger partial charge in [-0.1, -0.05) is 24.3 Å². The third kappa shape index (κ3) is 3.79. The summed E-state index contributed by atoms with van der Waals surface area (Å²) in [5.74, 6) is -2.46. The summed E-state index contributed by atoms with van der Waals surface area (Å²) in [5, 5.41) is 16.2.